The first-order chi connectivity index (χ1) is 18.5. The Balaban J connectivity index is 2.04. The minimum Gasteiger partial charge on any atom is -0.493 e. The van der Waals surface area contributed by atoms with Crippen LogP contribution in [0.4, 0.5) is 5.82 Å². The summed E-state index contributed by atoms with van der Waals surface area (Å²) in [5.41, 5.74) is 8.70. The van der Waals surface area contributed by atoms with Crippen molar-refractivity contribution in [3.8, 4) is 11.5 Å². The van der Waals surface area contributed by atoms with Crippen molar-refractivity contribution in [2.24, 2.45) is 29.4 Å². The van der Waals surface area contributed by atoms with Crippen LogP contribution in [0.25, 0.3) is 0 Å². The van der Waals surface area contributed by atoms with Gasteiger partial charge >= 0.3 is 0 Å². The molecule has 39 heavy (non-hydrogen) atoms. The number of aliphatic hydroxyl groups excluding tert-OH is 1. The molecule has 2 aromatic rings. The number of nitrogens with zero attached hydrogens (tertiary/aromatic N) is 1. The minimum atomic E-state index is -0.800. The molecule has 2 rings (SSSR count). The van der Waals surface area contributed by atoms with Gasteiger partial charge in [0.1, 0.15) is 5.82 Å². The van der Waals surface area contributed by atoms with Crippen molar-refractivity contribution >= 4 is 11.7 Å². The molecule has 0 saturated carbocycles. The third-order valence-corrected chi connectivity index (χ3v) is 7.29. The van der Waals surface area contributed by atoms with E-state index < -0.39 is 12.1 Å². The van der Waals surface area contributed by atoms with Crippen LogP contribution in [-0.4, -0.2) is 55.6 Å². The summed E-state index contributed by atoms with van der Waals surface area (Å²) in [6.45, 7) is 11.5. The summed E-state index contributed by atoms with van der Waals surface area (Å²) < 4.78 is 16.5. The highest BCUT2D eigenvalue weighted by Gasteiger charge is 2.30. The van der Waals surface area contributed by atoms with Gasteiger partial charge in [-0.2, -0.15) is 0 Å². The Hall–Kier alpha value is -2.68. The Labute approximate surface area is 234 Å². The number of hydrogen-bond acceptors (Lipinski definition) is 7. The number of methoxy groups -OCH3 is 2. The molecule has 4 atom stereocenters. The van der Waals surface area contributed by atoms with Crippen LogP contribution in [0.15, 0.2) is 36.5 Å². The fourth-order valence-electron chi connectivity index (χ4n) is 4.62. The number of carbonyl (C=O) groups is 1. The summed E-state index contributed by atoms with van der Waals surface area (Å²) in [6, 6.07) is 9.25. The summed E-state index contributed by atoms with van der Waals surface area (Å²) in [7, 11) is 3.31. The first-order valence-corrected chi connectivity index (χ1v) is 14.0. The van der Waals surface area contributed by atoms with Crippen molar-refractivity contribution in [3.63, 3.8) is 0 Å². The number of aliphatic hydroxyl groups is 1. The van der Waals surface area contributed by atoms with E-state index in [4.69, 9.17) is 19.9 Å². The molecule has 4 N–H and O–H groups in total. The lowest BCUT2D eigenvalue weighted by molar-refractivity contribution is -0.122. The van der Waals surface area contributed by atoms with Crippen molar-refractivity contribution in [1.82, 2.24) is 4.98 Å². The fraction of sp³-hybridized carbons (Fsp3) is 0.613. The van der Waals surface area contributed by atoms with Gasteiger partial charge in [-0.05, 0) is 73.3 Å². The Morgan fingerprint density at radius 3 is 2.36 bits per heavy atom. The van der Waals surface area contributed by atoms with Crippen LogP contribution < -0.4 is 20.5 Å². The van der Waals surface area contributed by atoms with Gasteiger partial charge in [0.2, 0.25) is 5.91 Å². The van der Waals surface area contributed by atoms with Crippen LogP contribution in [0.1, 0.15) is 58.1 Å². The van der Waals surface area contributed by atoms with Gasteiger partial charge in [0.05, 0.1) is 19.8 Å². The molecule has 4 unspecified atom stereocenters. The van der Waals surface area contributed by atoms with E-state index in [0.717, 1.165) is 24.0 Å². The Morgan fingerprint density at radius 1 is 1.03 bits per heavy atom. The van der Waals surface area contributed by atoms with E-state index in [1.807, 2.05) is 39.0 Å². The average molecular weight is 544 g/mol. The third-order valence-electron chi connectivity index (χ3n) is 7.29. The molecule has 0 radical (unpaired) electrons. The third kappa shape index (κ3) is 10.8. The molecule has 1 aromatic carbocycles. The first kappa shape index (κ1) is 32.5. The number of nitrogens with two attached hydrogens (primary N) is 1. The monoisotopic (exact) mass is 543 g/mol. The van der Waals surface area contributed by atoms with Crippen LogP contribution in [0.3, 0.4) is 0 Å². The number of benzene rings is 1. The summed E-state index contributed by atoms with van der Waals surface area (Å²) >= 11 is 0. The number of rotatable bonds is 17. The minimum absolute atomic E-state index is 0.0415. The van der Waals surface area contributed by atoms with E-state index in [1.54, 1.807) is 26.5 Å². The van der Waals surface area contributed by atoms with Crippen LogP contribution in [0.2, 0.25) is 0 Å². The smallest absolute Gasteiger partial charge is 0.228 e. The van der Waals surface area contributed by atoms with Crippen molar-refractivity contribution < 1.29 is 24.1 Å². The Kier molecular flexibility index (Phi) is 13.7. The van der Waals surface area contributed by atoms with E-state index in [0.29, 0.717) is 49.3 Å². The lowest BCUT2D eigenvalue weighted by Crippen LogP contribution is -2.41. The molecule has 0 spiro atoms. The normalized spacial score (nSPS) is 14.6. The molecule has 0 aliphatic rings. The molecule has 8 heteroatoms. The maximum absolute atomic E-state index is 13.0. The topological polar surface area (TPSA) is 116 Å². The largest absolute Gasteiger partial charge is 0.493 e. The summed E-state index contributed by atoms with van der Waals surface area (Å²) in [5.74, 6) is 2.03. The number of aromatic nitrogens is 1. The van der Waals surface area contributed by atoms with Crippen molar-refractivity contribution in [1.29, 1.82) is 0 Å². The zero-order valence-electron chi connectivity index (χ0n) is 24.8. The fourth-order valence-corrected chi connectivity index (χ4v) is 4.62. The van der Waals surface area contributed by atoms with Gasteiger partial charge in [-0.15, -0.1) is 0 Å². The zero-order valence-corrected chi connectivity index (χ0v) is 24.8. The van der Waals surface area contributed by atoms with Crippen LogP contribution in [-0.2, 0) is 16.0 Å². The molecule has 1 heterocycles. The predicted molar refractivity (Wildman–Crippen MR) is 156 cm³/mol. The molecule has 0 aliphatic carbocycles. The molecular formula is C31H49N3O5. The number of nitrogens with one attached hydrogen (secondary N) is 1. The summed E-state index contributed by atoms with van der Waals surface area (Å²) in [5, 5.41) is 14.0. The van der Waals surface area contributed by atoms with Gasteiger partial charge in [-0.1, -0.05) is 39.8 Å². The first-order valence-electron chi connectivity index (χ1n) is 14.0. The van der Waals surface area contributed by atoms with Crippen molar-refractivity contribution in [3.05, 3.63) is 47.7 Å². The summed E-state index contributed by atoms with van der Waals surface area (Å²) in [6.07, 6.45) is 3.44. The number of amides is 1. The van der Waals surface area contributed by atoms with E-state index in [1.165, 1.54) is 0 Å². The number of anilines is 1. The second-order valence-corrected chi connectivity index (χ2v) is 11.2. The van der Waals surface area contributed by atoms with E-state index in [2.05, 4.69) is 30.2 Å². The lowest BCUT2D eigenvalue weighted by Gasteiger charge is -2.30. The van der Waals surface area contributed by atoms with Crippen LogP contribution >= 0.6 is 0 Å². The molecule has 1 amide bonds. The van der Waals surface area contributed by atoms with Gasteiger partial charge < -0.3 is 30.4 Å². The number of carbonyl (C=O) groups excluding carboxylic acids is 1. The highest BCUT2D eigenvalue weighted by Crippen LogP contribution is 2.32. The number of ether oxygens (including phenoxy) is 3. The molecule has 0 aliphatic heterocycles. The number of hydrogen-bond donors (Lipinski definition) is 3. The van der Waals surface area contributed by atoms with Gasteiger partial charge in [-0.3, -0.25) is 4.79 Å². The van der Waals surface area contributed by atoms with Gasteiger partial charge in [-0.25, -0.2) is 4.98 Å². The molecule has 0 saturated heterocycles. The Morgan fingerprint density at radius 2 is 1.77 bits per heavy atom. The highest BCUT2D eigenvalue weighted by molar-refractivity contribution is 5.91. The molecule has 0 bridgehead atoms. The van der Waals surface area contributed by atoms with Crippen molar-refractivity contribution in [2.45, 2.75) is 72.4 Å². The zero-order chi connectivity index (χ0) is 28.9. The molecule has 0 fully saturated rings. The predicted octanol–water partition coefficient (Wildman–Crippen LogP) is 5.01. The molecule has 8 nitrogen and oxygen atoms in total. The van der Waals surface area contributed by atoms with E-state index in [-0.39, 0.29) is 23.7 Å². The van der Waals surface area contributed by atoms with Gasteiger partial charge in [0.25, 0.3) is 0 Å². The van der Waals surface area contributed by atoms with Crippen LogP contribution in [0.5, 0.6) is 11.5 Å². The van der Waals surface area contributed by atoms with Crippen LogP contribution in [0, 0.1) is 30.6 Å². The maximum atomic E-state index is 13.0. The quantitative estimate of drug-likeness (QED) is 0.240. The standard InChI is InChI=1S/C31H49N3O5/c1-20(2)24(15-23-10-11-28(38-7)29(16-23)39-14-8-13-37-6)17-26(32)27(35)18-25(21(3)4)31(36)34-30-12-9-22(5)19-33-30/h9-12,16,19-21,24-27,35H,8,13-15,17-18,32H2,1-7H3,(H,33,34,36). The summed E-state index contributed by atoms with van der Waals surface area (Å²) in [4.78, 5) is 17.3. The Bertz CT molecular complexity index is 996. The highest BCUT2D eigenvalue weighted by atomic mass is 16.5. The lowest BCUT2D eigenvalue weighted by atomic mass is 9.81. The molecule has 1 aromatic heterocycles. The van der Waals surface area contributed by atoms with Gasteiger partial charge in [0.15, 0.2) is 11.5 Å². The average Bonchev–Trinajstić information content (AvgIpc) is 2.90. The van der Waals surface area contributed by atoms with E-state index >= 15 is 0 Å². The molecule has 218 valence electrons. The number of pyridine rings is 1. The SMILES string of the molecule is COCCCOc1cc(CC(CC(N)C(O)CC(C(=O)Nc2ccc(C)cn2)C(C)C)C(C)C)ccc1OC. The second kappa shape index (κ2) is 16.4. The maximum Gasteiger partial charge on any atom is 0.228 e. The van der Waals surface area contributed by atoms with E-state index in [9.17, 15) is 9.90 Å². The molecular weight excluding hydrogens is 494 g/mol. The van der Waals surface area contributed by atoms with Crippen molar-refractivity contribution in [2.75, 3.05) is 32.8 Å². The van der Waals surface area contributed by atoms with Gasteiger partial charge in [0, 0.05) is 38.3 Å². The number of aryl methyl sites for hydroxylation is 1. The second-order valence-electron chi connectivity index (χ2n) is 11.2.